The highest BCUT2D eigenvalue weighted by Gasteiger charge is 2.26. The average Bonchev–Trinajstić information content (AvgIpc) is 2.50. The maximum Gasteiger partial charge on any atom is 0.339 e. The first-order valence-corrected chi connectivity index (χ1v) is 4.41. The second kappa shape index (κ2) is 3.13. The molecule has 0 bridgehead atoms. The maximum absolute atomic E-state index is 13.2. The lowest BCUT2D eigenvalue weighted by molar-refractivity contribution is 0.0690. The zero-order chi connectivity index (χ0) is 10.3. The fraction of sp³-hybridized carbons (Fsp3) is 0.125. The predicted molar refractivity (Wildman–Crippen MR) is 47.2 cm³/mol. The molecule has 14 heavy (non-hydrogen) atoms. The summed E-state index contributed by atoms with van der Waals surface area (Å²) in [5.41, 5.74) is -0.450. The van der Waals surface area contributed by atoms with Crippen molar-refractivity contribution in [3.8, 4) is 11.5 Å². The van der Waals surface area contributed by atoms with Crippen LogP contribution in [0.25, 0.3) is 0 Å². The highest BCUT2D eigenvalue weighted by atomic mass is 79.9. The molecule has 4 nitrogen and oxygen atoms in total. The van der Waals surface area contributed by atoms with E-state index in [-0.39, 0.29) is 22.8 Å². The molecule has 0 saturated heterocycles. The third kappa shape index (κ3) is 1.22. The number of hydrogen-bond donors (Lipinski definition) is 1. The summed E-state index contributed by atoms with van der Waals surface area (Å²) in [6.45, 7) is -0.0313. The minimum atomic E-state index is -1.35. The smallest absolute Gasteiger partial charge is 0.339 e. The van der Waals surface area contributed by atoms with Gasteiger partial charge in [0.15, 0.2) is 11.5 Å². The Bertz CT molecular complexity index is 418. The van der Waals surface area contributed by atoms with Crippen molar-refractivity contribution in [3.05, 3.63) is 21.9 Å². The number of carbonyl (C=O) groups is 1. The van der Waals surface area contributed by atoms with Crippen LogP contribution in [0.15, 0.2) is 10.5 Å². The van der Waals surface area contributed by atoms with E-state index in [1.807, 2.05) is 0 Å². The molecule has 1 aromatic rings. The van der Waals surface area contributed by atoms with Crippen molar-refractivity contribution in [2.45, 2.75) is 0 Å². The third-order valence-corrected chi connectivity index (χ3v) is 2.53. The van der Waals surface area contributed by atoms with Gasteiger partial charge in [0, 0.05) is 6.07 Å². The van der Waals surface area contributed by atoms with Crippen molar-refractivity contribution in [3.63, 3.8) is 0 Å². The van der Waals surface area contributed by atoms with Gasteiger partial charge in [0.2, 0.25) is 6.79 Å². The number of ether oxygens (including phenoxy) is 2. The van der Waals surface area contributed by atoms with Crippen molar-refractivity contribution in [1.82, 2.24) is 0 Å². The summed E-state index contributed by atoms with van der Waals surface area (Å²) in [6.07, 6.45) is 0. The fourth-order valence-electron chi connectivity index (χ4n) is 1.17. The Labute approximate surface area is 86.4 Å². The number of rotatable bonds is 1. The lowest BCUT2D eigenvalue weighted by Gasteiger charge is -2.04. The molecule has 1 aromatic carbocycles. The zero-order valence-electron chi connectivity index (χ0n) is 6.71. The van der Waals surface area contributed by atoms with Gasteiger partial charge in [0.1, 0.15) is 11.4 Å². The molecule has 1 aliphatic heterocycles. The summed E-state index contributed by atoms with van der Waals surface area (Å²) in [7, 11) is 0. The molecule has 0 atom stereocenters. The Kier molecular flexibility index (Phi) is 2.07. The molecule has 0 aromatic heterocycles. The van der Waals surface area contributed by atoms with Gasteiger partial charge in [-0.2, -0.15) is 0 Å². The van der Waals surface area contributed by atoms with Crippen LogP contribution in [0, 0.1) is 5.82 Å². The summed E-state index contributed by atoms with van der Waals surface area (Å²) < 4.78 is 23.2. The molecule has 6 heteroatoms. The van der Waals surface area contributed by atoms with Gasteiger partial charge in [0.25, 0.3) is 0 Å². The predicted octanol–water partition coefficient (Wildman–Crippen LogP) is 2.02. The average molecular weight is 263 g/mol. The van der Waals surface area contributed by atoms with Crippen LogP contribution in [0.5, 0.6) is 11.5 Å². The van der Waals surface area contributed by atoms with Crippen molar-refractivity contribution < 1.29 is 23.8 Å². The van der Waals surface area contributed by atoms with E-state index in [4.69, 9.17) is 14.6 Å². The summed E-state index contributed by atoms with van der Waals surface area (Å²) in [5.74, 6) is -1.77. The van der Waals surface area contributed by atoms with E-state index in [0.717, 1.165) is 6.07 Å². The number of aromatic carboxylic acids is 1. The van der Waals surface area contributed by atoms with Crippen LogP contribution in [0.1, 0.15) is 10.4 Å². The number of halogens is 2. The molecule has 0 saturated carbocycles. The molecule has 2 rings (SSSR count). The lowest BCUT2D eigenvalue weighted by atomic mass is 10.2. The molecular weight excluding hydrogens is 259 g/mol. The first-order chi connectivity index (χ1) is 6.61. The van der Waals surface area contributed by atoms with Gasteiger partial charge in [0.05, 0.1) is 4.47 Å². The molecule has 0 fully saturated rings. The van der Waals surface area contributed by atoms with Crippen LogP contribution in [-0.4, -0.2) is 17.9 Å². The fourth-order valence-corrected chi connectivity index (χ4v) is 1.84. The van der Waals surface area contributed by atoms with Crippen LogP contribution >= 0.6 is 15.9 Å². The molecule has 1 aliphatic rings. The summed E-state index contributed by atoms with van der Waals surface area (Å²) in [6, 6.07) is 0.997. The topological polar surface area (TPSA) is 55.8 Å². The van der Waals surface area contributed by atoms with Crippen molar-refractivity contribution in [2.24, 2.45) is 0 Å². The highest BCUT2D eigenvalue weighted by molar-refractivity contribution is 9.10. The molecule has 1 N–H and O–H groups in total. The van der Waals surface area contributed by atoms with Gasteiger partial charge < -0.3 is 14.6 Å². The molecule has 0 amide bonds. The van der Waals surface area contributed by atoms with Gasteiger partial charge in [-0.15, -0.1) is 0 Å². The van der Waals surface area contributed by atoms with E-state index < -0.39 is 17.3 Å². The van der Waals surface area contributed by atoms with E-state index in [1.165, 1.54) is 0 Å². The second-order valence-electron chi connectivity index (χ2n) is 2.59. The molecule has 74 valence electrons. The molecule has 0 aliphatic carbocycles. The van der Waals surface area contributed by atoms with Crippen LogP contribution in [0.2, 0.25) is 0 Å². The second-order valence-corrected chi connectivity index (χ2v) is 3.38. The maximum atomic E-state index is 13.2. The van der Waals surface area contributed by atoms with Crippen LogP contribution in [0.4, 0.5) is 4.39 Å². The SMILES string of the molecule is O=C(O)c1c(F)cc2c(c1Br)OCO2. The third-order valence-electron chi connectivity index (χ3n) is 1.77. The molecule has 1 heterocycles. The Morgan fingerprint density at radius 1 is 1.57 bits per heavy atom. The highest BCUT2D eigenvalue weighted by Crippen LogP contribution is 2.42. The van der Waals surface area contributed by atoms with E-state index in [1.54, 1.807) is 0 Å². The van der Waals surface area contributed by atoms with Crippen molar-refractivity contribution in [1.29, 1.82) is 0 Å². The van der Waals surface area contributed by atoms with Gasteiger partial charge in [-0.05, 0) is 15.9 Å². The summed E-state index contributed by atoms with van der Waals surface area (Å²) >= 11 is 2.96. The first kappa shape index (κ1) is 9.26. The normalized spacial score (nSPS) is 13.0. The van der Waals surface area contributed by atoms with Crippen molar-refractivity contribution >= 4 is 21.9 Å². The van der Waals surface area contributed by atoms with Crippen LogP contribution in [-0.2, 0) is 0 Å². The Morgan fingerprint density at radius 3 is 2.93 bits per heavy atom. The number of fused-ring (bicyclic) bond motifs is 1. The van der Waals surface area contributed by atoms with Crippen LogP contribution < -0.4 is 9.47 Å². The number of hydrogen-bond acceptors (Lipinski definition) is 3. The number of carboxylic acid groups (broad SMARTS) is 1. The molecule has 0 radical (unpaired) electrons. The van der Waals surface area contributed by atoms with E-state index >= 15 is 0 Å². The van der Waals surface area contributed by atoms with E-state index in [0.29, 0.717) is 0 Å². The number of benzene rings is 1. The van der Waals surface area contributed by atoms with Gasteiger partial charge in [-0.1, -0.05) is 0 Å². The van der Waals surface area contributed by atoms with Gasteiger partial charge >= 0.3 is 5.97 Å². The summed E-state index contributed by atoms with van der Waals surface area (Å²) in [4.78, 5) is 10.7. The van der Waals surface area contributed by atoms with E-state index in [9.17, 15) is 9.18 Å². The van der Waals surface area contributed by atoms with Crippen molar-refractivity contribution in [2.75, 3.05) is 6.79 Å². The monoisotopic (exact) mass is 262 g/mol. The molecule has 0 spiro atoms. The number of carboxylic acids is 1. The molecular formula is C8H4BrFO4. The standard InChI is InChI=1S/C8H4BrFO4/c9-6-5(8(11)12)3(10)1-4-7(6)14-2-13-4/h1H,2H2,(H,11,12). The summed E-state index contributed by atoms with van der Waals surface area (Å²) in [5, 5.41) is 8.71. The first-order valence-electron chi connectivity index (χ1n) is 3.62. The van der Waals surface area contributed by atoms with Gasteiger partial charge in [-0.25, -0.2) is 9.18 Å². The Morgan fingerprint density at radius 2 is 2.29 bits per heavy atom. The van der Waals surface area contributed by atoms with E-state index in [2.05, 4.69) is 15.9 Å². The Hall–Kier alpha value is -1.30. The quantitative estimate of drug-likeness (QED) is 0.842. The minimum Gasteiger partial charge on any atom is -0.478 e. The Balaban J connectivity index is 2.68. The zero-order valence-corrected chi connectivity index (χ0v) is 8.30. The lowest BCUT2D eigenvalue weighted by Crippen LogP contribution is -2.02. The largest absolute Gasteiger partial charge is 0.478 e. The van der Waals surface area contributed by atoms with Gasteiger partial charge in [-0.3, -0.25) is 0 Å². The molecule has 0 unspecified atom stereocenters. The minimum absolute atomic E-state index is 0.0313. The van der Waals surface area contributed by atoms with Crippen LogP contribution in [0.3, 0.4) is 0 Å².